The highest BCUT2D eigenvalue weighted by Crippen LogP contribution is 2.14. The second kappa shape index (κ2) is 5.41. The Bertz CT molecular complexity index is 569. The second-order valence-corrected chi connectivity index (χ2v) is 5.19. The zero-order valence-corrected chi connectivity index (χ0v) is 11.3. The van der Waals surface area contributed by atoms with Crippen molar-refractivity contribution in [1.29, 1.82) is 0 Å². The molecule has 0 radical (unpaired) electrons. The molecule has 0 fully saturated rings. The number of fused-ring (bicyclic) bond motifs is 1. The van der Waals surface area contributed by atoms with E-state index in [0.29, 0.717) is 0 Å². The van der Waals surface area contributed by atoms with Crippen LogP contribution >= 0.6 is 0 Å². The van der Waals surface area contributed by atoms with Crippen LogP contribution in [0.5, 0.6) is 0 Å². The van der Waals surface area contributed by atoms with Crippen LogP contribution in [0.25, 0.3) is 6.08 Å². The molecule has 3 nitrogen and oxygen atoms in total. The van der Waals surface area contributed by atoms with Gasteiger partial charge < -0.3 is 4.57 Å². The molecular formula is C16H19N3. The molecule has 0 amide bonds. The highest BCUT2D eigenvalue weighted by Gasteiger charge is 2.15. The summed E-state index contributed by atoms with van der Waals surface area (Å²) < 4.78 is 2.24. The van der Waals surface area contributed by atoms with Crippen LogP contribution in [0.1, 0.15) is 18.2 Å². The summed E-state index contributed by atoms with van der Waals surface area (Å²) in [4.78, 5) is 6.68. The molecule has 19 heavy (non-hydrogen) atoms. The molecule has 0 unspecified atom stereocenters. The van der Waals surface area contributed by atoms with Crippen molar-refractivity contribution in [2.24, 2.45) is 0 Å². The van der Waals surface area contributed by atoms with E-state index < -0.39 is 0 Å². The van der Waals surface area contributed by atoms with Gasteiger partial charge in [-0.25, -0.2) is 4.98 Å². The highest BCUT2D eigenvalue weighted by molar-refractivity contribution is 5.52. The van der Waals surface area contributed by atoms with Crippen LogP contribution in [0.2, 0.25) is 0 Å². The van der Waals surface area contributed by atoms with Gasteiger partial charge in [0.15, 0.2) is 0 Å². The fourth-order valence-electron chi connectivity index (χ4n) is 2.61. The lowest BCUT2D eigenvalue weighted by molar-refractivity contribution is 0.239. The average molecular weight is 253 g/mol. The first-order valence-corrected chi connectivity index (χ1v) is 6.75. The van der Waals surface area contributed by atoms with Crippen molar-refractivity contribution in [1.82, 2.24) is 14.5 Å². The molecule has 2 heterocycles. The topological polar surface area (TPSA) is 21.1 Å². The minimum Gasteiger partial charge on any atom is -0.332 e. The maximum atomic E-state index is 4.21. The molecule has 0 aliphatic carbocycles. The van der Waals surface area contributed by atoms with E-state index in [1.165, 1.54) is 16.8 Å². The maximum absolute atomic E-state index is 4.21. The van der Waals surface area contributed by atoms with E-state index in [2.05, 4.69) is 57.8 Å². The van der Waals surface area contributed by atoms with Crippen LogP contribution in [0, 0.1) is 0 Å². The third kappa shape index (κ3) is 2.93. The standard InChI is InChI=1S/C16H19N3/c1-14(9-15-5-3-2-4-6-15)11-18-7-8-19-13-17-10-16(19)12-18/h2-6,9-10,13H,7-8,11-12H2,1H3. The lowest BCUT2D eigenvalue weighted by atomic mass is 10.1. The van der Waals surface area contributed by atoms with Crippen LogP contribution in [-0.4, -0.2) is 27.5 Å². The van der Waals surface area contributed by atoms with Crippen molar-refractivity contribution >= 4 is 6.08 Å². The van der Waals surface area contributed by atoms with Gasteiger partial charge in [0.05, 0.1) is 12.0 Å². The SMILES string of the molecule is CC(=Cc1ccccc1)CN1CCn2cncc2C1. The molecule has 0 bridgehead atoms. The van der Waals surface area contributed by atoms with Gasteiger partial charge in [-0.3, -0.25) is 4.90 Å². The summed E-state index contributed by atoms with van der Waals surface area (Å²) in [6.07, 6.45) is 6.17. The Hall–Kier alpha value is -1.87. The molecule has 0 N–H and O–H groups in total. The molecule has 1 aromatic carbocycles. The molecule has 3 rings (SSSR count). The fraction of sp³-hybridized carbons (Fsp3) is 0.312. The molecule has 2 aromatic rings. The quantitative estimate of drug-likeness (QED) is 0.838. The van der Waals surface area contributed by atoms with Gasteiger partial charge in [-0.1, -0.05) is 42.0 Å². The maximum Gasteiger partial charge on any atom is 0.0949 e. The van der Waals surface area contributed by atoms with Crippen molar-refractivity contribution in [3.05, 3.63) is 59.7 Å². The Kier molecular flexibility index (Phi) is 3.47. The Morgan fingerprint density at radius 3 is 2.95 bits per heavy atom. The summed E-state index contributed by atoms with van der Waals surface area (Å²) in [6, 6.07) is 10.5. The number of benzene rings is 1. The molecule has 0 saturated heterocycles. The van der Waals surface area contributed by atoms with Gasteiger partial charge >= 0.3 is 0 Å². The predicted octanol–water partition coefficient (Wildman–Crippen LogP) is 2.80. The van der Waals surface area contributed by atoms with Gasteiger partial charge in [-0.2, -0.15) is 0 Å². The summed E-state index contributed by atoms with van der Waals surface area (Å²) in [7, 11) is 0. The van der Waals surface area contributed by atoms with Crippen molar-refractivity contribution in [3.8, 4) is 0 Å². The summed E-state index contributed by atoms with van der Waals surface area (Å²) >= 11 is 0. The molecule has 3 heteroatoms. The zero-order chi connectivity index (χ0) is 13.1. The first-order valence-electron chi connectivity index (χ1n) is 6.75. The van der Waals surface area contributed by atoms with Crippen molar-refractivity contribution in [3.63, 3.8) is 0 Å². The lowest BCUT2D eigenvalue weighted by Crippen LogP contribution is -2.34. The number of hydrogen-bond acceptors (Lipinski definition) is 2. The van der Waals surface area contributed by atoms with Crippen molar-refractivity contribution in [2.45, 2.75) is 20.0 Å². The number of hydrogen-bond donors (Lipinski definition) is 0. The zero-order valence-electron chi connectivity index (χ0n) is 11.3. The molecular weight excluding hydrogens is 234 g/mol. The van der Waals surface area contributed by atoms with E-state index in [0.717, 1.165) is 26.2 Å². The summed E-state index contributed by atoms with van der Waals surface area (Å²) in [5.41, 5.74) is 4.00. The third-order valence-corrected chi connectivity index (χ3v) is 3.53. The van der Waals surface area contributed by atoms with E-state index >= 15 is 0 Å². The second-order valence-electron chi connectivity index (χ2n) is 5.19. The molecule has 0 spiro atoms. The average Bonchev–Trinajstić information content (AvgIpc) is 2.87. The number of rotatable bonds is 3. The van der Waals surface area contributed by atoms with Crippen LogP contribution < -0.4 is 0 Å². The Balaban J connectivity index is 1.65. The Labute approximate surface area is 114 Å². The molecule has 0 atom stereocenters. The molecule has 0 saturated carbocycles. The van der Waals surface area contributed by atoms with Crippen molar-refractivity contribution in [2.75, 3.05) is 13.1 Å². The molecule has 1 aliphatic rings. The number of aromatic nitrogens is 2. The largest absolute Gasteiger partial charge is 0.332 e. The van der Waals surface area contributed by atoms with E-state index in [-0.39, 0.29) is 0 Å². The summed E-state index contributed by atoms with van der Waals surface area (Å²) in [6.45, 7) is 6.39. The van der Waals surface area contributed by atoms with Gasteiger partial charge in [0.1, 0.15) is 0 Å². The Morgan fingerprint density at radius 2 is 2.11 bits per heavy atom. The lowest BCUT2D eigenvalue weighted by Gasteiger charge is -2.28. The molecule has 98 valence electrons. The number of nitrogens with zero attached hydrogens (tertiary/aromatic N) is 3. The fourth-order valence-corrected chi connectivity index (χ4v) is 2.61. The smallest absolute Gasteiger partial charge is 0.0949 e. The van der Waals surface area contributed by atoms with Gasteiger partial charge in [-0.15, -0.1) is 0 Å². The monoisotopic (exact) mass is 253 g/mol. The van der Waals surface area contributed by atoms with Gasteiger partial charge in [-0.05, 0) is 12.5 Å². The first-order chi connectivity index (χ1) is 9.31. The molecule has 1 aromatic heterocycles. The van der Waals surface area contributed by atoms with Crippen LogP contribution in [0.4, 0.5) is 0 Å². The minimum absolute atomic E-state index is 1.000. The van der Waals surface area contributed by atoms with Crippen molar-refractivity contribution < 1.29 is 0 Å². The number of imidazole rings is 1. The van der Waals surface area contributed by atoms with Crippen LogP contribution in [0.3, 0.4) is 0 Å². The third-order valence-electron chi connectivity index (χ3n) is 3.53. The van der Waals surface area contributed by atoms with E-state index in [1.807, 2.05) is 12.5 Å². The summed E-state index contributed by atoms with van der Waals surface area (Å²) in [5, 5.41) is 0. The molecule has 1 aliphatic heterocycles. The van der Waals surface area contributed by atoms with Gasteiger partial charge in [0.25, 0.3) is 0 Å². The van der Waals surface area contributed by atoms with Gasteiger partial charge in [0, 0.05) is 32.4 Å². The predicted molar refractivity (Wildman–Crippen MR) is 77.6 cm³/mol. The minimum atomic E-state index is 1.000. The summed E-state index contributed by atoms with van der Waals surface area (Å²) in [5.74, 6) is 0. The van der Waals surface area contributed by atoms with E-state index in [9.17, 15) is 0 Å². The first kappa shape index (κ1) is 12.2. The Morgan fingerprint density at radius 1 is 1.26 bits per heavy atom. The highest BCUT2D eigenvalue weighted by atomic mass is 15.2. The van der Waals surface area contributed by atoms with E-state index in [1.54, 1.807) is 0 Å². The van der Waals surface area contributed by atoms with E-state index in [4.69, 9.17) is 0 Å². The van der Waals surface area contributed by atoms with Crippen LogP contribution in [-0.2, 0) is 13.1 Å². The normalized spacial score (nSPS) is 16.4. The van der Waals surface area contributed by atoms with Gasteiger partial charge in [0.2, 0.25) is 0 Å². The van der Waals surface area contributed by atoms with Crippen LogP contribution in [0.15, 0.2) is 48.4 Å².